The van der Waals surface area contributed by atoms with E-state index >= 15 is 0 Å². The van der Waals surface area contributed by atoms with E-state index < -0.39 is 0 Å². The molecular formula is C15H18N+. The van der Waals surface area contributed by atoms with Crippen molar-refractivity contribution in [1.29, 1.82) is 0 Å². The summed E-state index contributed by atoms with van der Waals surface area (Å²) in [6.07, 6.45) is 8.01. The molecule has 2 aromatic rings. The maximum absolute atomic E-state index is 2.23. The molecular weight excluding hydrogens is 194 g/mol. The molecule has 1 heteroatoms. The number of rotatable bonds is 4. The van der Waals surface area contributed by atoms with E-state index in [-0.39, 0.29) is 0 Å². The van der Waals surface area contributed by atoms with Crippen LogP contribution in [0.1, 0.15) is 25.3 Å². The average molecular weight is 212 g/mol. The third kappa shape index (κ3) is 2.69. The Hall–Kier alpha value is -1.63. The smallest absolute Gasteiger partial charge is 0.167 e. The fourth-order valence-electron chi connectivity index (χ4n) is 1.81. The molecule has 0 saturated carbocycles. The minimum Gasteiger partial charge on any atom is -0.167 e. The molecule has 0 amide bonds. The summed E-state index contributed by atoms with van der Waals surface area (Å²) in [5, 5.41) is 0. The number of benzene rings is 1. The number of hydrogen-bond acceptors (Lipinski definition) is 0. The summed E-state index contributed by atoms with van der Waals surface area (Å²) in [6.45, 7) is 2.23. The van der Waals surface area contributed by atoms with Crippen molar-refractivity contribution >= 4 is 0 Å². The number of aromatic nitrogens is 1. The van der Waals surface area contributed by atoms with E-state index in [0.717, 1.165) is 0 Å². The molecule has 0 aliphatic carbocycles. The van der Waals surface area contributed by atoms with Crippen molar-refractivity contribution in [1.82, 2.24) is 0 Å². The van der Waals surface area contributed by atoms with Gasteiger partial charge in [0.1, 0.15) is 0 Å². The largest absolute Gasteiger partial charge is 0.210 e. The lowest BCUT2D eigenvalue weighted by Gasteiger charge is -1.99. The predicted octanol–water partition coefficient (Wildman–Crippen LogP) is 3.31. The standard InChI is InChI=1S/C15H18N/c1-2-3-8-14-9-7-12-16(13-14)15-10-5-4-6-11-15/h4-7,9-13H,2-3,8H2,1H3/q+1. The molecule has 1 aromatic heterocycles. The molecule has 0 aliphatic rings. The summed E-state index contributed by atoms with van der Waals surface area (Å²) < 4.78 is 2.19. The van der Waals surface area contributed by atoms with E-state index in [1.54, 1.807) is 0 Å². The summed E-state index contributed by atoms with van der Waals surface area (Å²) in [4.78, 5) is 0. The zero-order valence-electron chi connectivity index (χ0n) is 9.76. The molecule has 1 heterocycles. The molecule has 0 unspecified atom stereocenters. The second-order valence-corrected chi connectivity index (χ2v) is 4.06. The summed E-state index contributed by atoms with van der Waals surface area (Å²) in [6, 6.07) is 14.8. The lowest BCUT2D eigenvalue weighted by atomic mass is 10.1. The van der Waals surface area contributed by atoms with Crippen LogP contribution in [0.4, 0.5) is 0 Å². The molecule has 2 rings (SSSR count). The van der Waals surface area contributed by atoms with Gasteiger partial charge in [0.25, 0.3) is 0 Å². The first-order valence-corrected chi connectivity index (χ1v) is 5.96. The maximum atomic E-state index is 2.23. The van der Waals surface area contributed by atoms with Crippen LogP contribution in [0.3, 0.4) is 0 Å². The van der Waals surface area contributed by atoms with Crippen LogP contribution in [0.2, 0.25) is 0 Å². The van der Waals surface area contributed by atoms with Gasteiger partial charge in [0, 0.05) is 23.8 Å². The lowest BCUT2D eigenvalue weighted by molar-refractivity contribution is -0.596. The SMILES string of the molecule is CCCCc1ccc[n+](-c2ccccc2)c1. The van der Waals surface area contributed by atoms with Gasteiger partial charge < -0.3 is 0 Å². The van der Waals surface area contributed by atoms with Crippen molar-refractivity contribution in [3.8, 4) is 5.69 Å². The van der Waals surface area contributed by atoms with E-state index in [1.807, 2.05) is 6.07 Å². The van der Waals surface area contributed by atoms with Crippen molar-refractivity contribution < 1.29 is 4.57 Å². The topological polar surface area (TPSA) is 3.88 Å². The van der Waals surface area contributed by atoms with Gasteiger partial charge in [-0.05, 0) is 18.9 Å². The fourth-order valence-corrected chi connectivity index (χ4v) is 1.81. The molecule has 0 N–H and O–H groups in total. The summed E-state index contributed by atoms with van der Waals surface area (Å²) in [5.41, 5.74) is 2.63. The lowest BCUT2D eigenvalue weighted by Crippen LogP contribution is -2.29. The summed E-state index contributed by atoms with van der Waals surface area (Å²) in [7, 11) is 0. The Kier molecular flexibility index (Phi) is 3.71. The molecule has 1 nitrogen and oxygen atoms in total. The van der Waals surface area contributed by atoms with Crippen molar-refractivity contribution in [2.45, 2.75) is 26.2 Å². The Morgan fingerprint density at radius 1 is 1.00 bits per heavy atom. The second kappa shape index (κ2) is 5.45. The van der Waals surface area contributed by atoms with Crippen LogP contribution in [0, 0.1) is 0 Å². The Morgan fingerprint density at radius 2 is 1.81 bits per heavy atom. The molecule has 0 spiro atoms. The number of pyridine rings is 1. The molecule has 0 fully saturated rings. The first-order valence-electron chi connectivity index (χ1n) is 5.96. The van der Waals surface area contributed by atoms with Gasteiger partial charge in [0.2, 0.25) is 5.69 Å². The normalized spacial score (nSPS) is 10.3. The predicted molar refractivity (Wildman–Crippen MR) is 66.6 cm³/mol. The van der Waals surface area contributed by atoms with Gasteiger partial charge >= 0.3 is 0 Å². The van der Waals surface area contributed by atoms with E-state index in [9.17, 15) is 0 Å². The highest BCUT2D eigenvalue weighted by Gasteiger charge is 2.05. The van der Waals surface area contributed by atoms with Crippen LogP contribution in [-0.4, -0.2) is 0 Å². The van der Waals surface area contributed by atoms with Crippen LogP contribution in [-0.2, 0) is 6.42 Å². The fraction of sp³-hybridized carbons (Fsp3) is 0.267. The molecule has 0 saturated heterocycles. The third-order valence-electron chi connectivity index (χ3n) is 2.74. The van der Waals surface area contributed by atoms with Crippen molar-refractivity contribution in [2.75, 3.05) is 0 Å². The Bertz CT molecular complexity index is 434. The number of para-hydroxylation sites is 1. The van der Waals surface area contributed by atoms with E-state index in [4.69, 9.17) is 0 Å². The number of hydrogen-bond donors (Lipinski definition) is 0. The van der Waals surface area contributed by atoms with Gasteiger partial charge in [-0.1, -0.05) is 31.5 Å². The van der Waals surface area contributed by atoms with Crippen molar-refractivity contribution in [3.05, 3.63) is 60.4 Å². The maximum Gasteiger partial charge on any atom is 0.210 e. The first kappa shape index (κ1) is 10.9. The van der Waals surface area contributed by atoms with Gasteiger partial charge in [-0.3, -0.25) is 0 Å². The van der Waals surface area contributed by atoms with E-state index in [1.165, 1.54) is 30.5 Å². The van der Waals surface area contributed by atoms with Crippen LogP contribution < -0.4 is 4.57 Å². The number of nitrogens with zero attached hydrogens (tertiary/aromatic N) is 1. The summed E-state index contributed by atoms with van der Waals surface area (Å²) >= 11 is 0. The van der Waals surface area contributed by atoms with Gasteiger partial charge in [0.05, 0.1) is 0 Å². The van der Waals surface area contributed by atoms with E-state index in [0.29, 0.717) is 0 Å². The van der Waals surface area contributed by atoms with Crippen LogP contribution in [0.5, 0.6) is 0 Å². The van der Waals surface area contributed by atoms with Crippen LogP contribution in [0.15, 0.2) is 54.9 Å². The molecule has 1 aromatic carbocycles. The van der Waals surface area contributed by atoms with E-state index in [2.05, 4.69) is 60.3 Å². The molecule has 0 radical (unpaired) electrons. The minimum absolute atomic E-state index is 1.17. The van der Waals surface area contributed by atoms with Crippen LogP contribution >= 0.6 is 0 Å². The van der Waals surface area contributed by atoms with Crippen molar-refractivity contribution in [2.24, 2.45) is 0 Å². The van der Waals surface area contributed by atoms with Gasteiger partial charge in [-0.2, -0.15) is 4.57 Å². The Morgan fingerprint density at radius 3 is 2.56 bits per heavy atom. The highest BCUT2D eigenvalue weighted by atomic mass is 14.9. The van der Waals surface area contributed by atoms with Gasteiger partial charge in [-0.25, -0.2) is 0 Å². The molecule has 0 aliphatic heterocycles. The minimum atomic E-state index is 1.17. The first-order chi connectivity index (χ1) is 7.90. The number of aryl methyl sites for hydroxylation is 1. The Labute approximate surface area is 97.4 Å². The highest BCUT2D eigenvalue weighted by molar-refractivity contribution is 5.22. The average Bonchev–Trinajstić information content (AvgIpc) is 2.38. The zero-order valence-corrected chi connectivity index (χ0v) is 9.76. The van der Waals surface area contributed by atoms with Crippen LogP contribution in [0.25, 0.3) is 5.69 Å². The summed E-state index contributed by atoms with van der Waals surface area (Å²) in [5.74, 6) is 0. The molecule has 0 bridgehead atoms. The molecule has 16 heavy (non-hydrogen) atoms. The third-order valence-corrected chi connectivity index (χ3v) is 2.74. The van der Waals surface area contributed by atoms with Gasteiger partial charge in [-0.15, -0.1) is 0 Å². The monoisotopic (exact) mass is 212 g/mol. The zero-order chi connectivity index (χ0) is 11.2. The number of unbranched alkanes of at least 4 members (excludes halogenated alkanes) is 1. The highest BCUT2D eigenvalue weighted by Crippen LogP contribution is 2.04. The van der Waals surface area contributed by atoms with Crippen molar-refractivity contribution in [3.63, 3.8) is 0 Å². The van der Waals surface area contributed by atoms with Gasteiger partial charge in [0.15, 0.2) is 12.4 Å². The molecule has 0 atom stereocenters. The molecule has 82 valence electrons. The quantitative estimate of drug-likeness (QED) is 0.685. The second-order valence-electron chi connectivity index (χ2n) is 4.06. The Balaban J connectivity index is 2.22.